The predicted octanol–water partition coefficient (Wildman–Crippen LogP) is 3.15. The third-order valence-corrected chi connectivity index (χ3v) is 4.39. The van der Waals surface area contributed by atoms with E-state index in [0.29, 0.717) is 56.1 Å². The molecule has 0 saturated heterocycles. The number of rotatable bonds is 5. The summed E-state index contributed by atoms with van der Waals surface area (Å²) >= 11 is 0. The molecule has 4 rings (SSSR count). The van der Waals surface area contributed by atoms with Gasteiger partial charge in [0.2, 0.25) is 5.75 Å². The lowest BCUT2D eigenvalue weighted by molar-refractivity contribution is 0.327. The normalized spacial score (nSPS) is 10.6. The number of H-pyrrole nitrogens is 1. The number of nitrogens with zero attached hydrogens (tertiary/aromatic N) is 4. The Kier molecular flexibility index (Phi) is 4.29. The van der Waals surface area contributed by atoms with E-state index < -0.39 is 0 Å². The molecule has 2 aromatic carbocycles. The first-order valence-corrected chi connectivity index (χ1v) is 8.30. The van der Waals surface area contributed by atoms with E-state index in [9.17, 15) is 5.26 Å². The molecule has 4 aromatic rings. The Bertz CT molecular complexity index is 1230. The number of benzene rings is 2. The van der Waals surface area contributed by atoms with Gasteiger partial charge in [-0.1, -0.05) is 6.07 Å². The van der Waals surface area contributed by atoms with Gasteiger partial charge in [-0.2, -0.15) is 20.7 Å². The van der Waals surface area contributed by atoms with Crippen molar-refractivity contribution in [1.29, 1.82) is 5.26 Å². The van der Waals surface area contributed by atoms with Crippen LogP contribution in [0.4, 0.5) is 11.4 Å². The molecule has 9 heteroatoms. The van der Waals surface area contributed by atoms with Gasteiger partial charge in [-0.05, 0) is 18.2 Å². The zero-order chi connectivity index (χ0) is 19.7. The number of nitriles is 1. The number of aromatic amines is 1. The van der Waals surface area contributed by atoms with Gasteiger partial charge in [0.1, 0.15) is 22.6 Å². The van der Waals surface area contributed by atoms with Crippen LogP contribution in [0.2, 0.25) is 0 Å². The standard InChI is InChI=1S/C19H16N6O3/c1-26-14-7-11-15(22-12-5-4-6-13-17(12)24-25-23-13)10(8-20)9-21-16(11)19(28-3)18(14)27-2/h4-7,9H,1-3H3,(H,21,22)(H,23,24,25). The number of hydrogen-bond donors (Lipinski definition) is 2. The molecule has 0 unspecified atom stereocenters. The van der Waals surface area contributed by atoms with Crippen molar-refractivity contribution >= 4 is 33.3 Å². The lowest BCUT2D eigenvalue weighted by atomic mass is 10.1. The van der Waals surface area contributed by atoms with E-state index >= 15 is 0 Å². The van der Waals surface area contributed by atoms with Gasteiger partial charge >= 0.3 is 0 Å². The maximum Gasteiger partial charge on any atom is 0.205 e. The van der Waals surface area contributed by atoms with Crippen molar-refractivity contribution < 1.29 is 14.2 Å². The van der Waals surface area contributed by atoms with E-state index in [4.69, 9.17) is 14.2 Å². The smallest absolute Gasteiger partial charge is 0.205 e. The highest BCUT2D eigenvalue weighted by Gasteiger charge is 2.21. The van der Waals surface area contributed by atoms with Crippen molar-refractivity contribution in [3.8, 4) is 23.3 Å². The minimum Gasteiger partial charge on any atom is -0.493 e. The highest BCUT2D eigenvalue weighted by Crippen LogP contribution is 2.45. The molecule has 0 spiro atoms. The maximum absolute atomic E-state index is 9.63. The second-order valence-electron chi connectivity index (χ2n) is 5.82. The van der Waals surface area contributed by atoms with Gasteiger partial charge in [0.15, 0.2) is 11.5 Å². The van der Waals surface area contributed by atoms with Crippen LogP contribution in [0, 0.1) is 11.3 Å². The lowest BCUT2D eigenvalue weighted by Gasteiger charge is -2.17. The second kappa shape index (κ2) is 6.92. The number of pyridine rings is 1. The number of aromatic nitrogens is 4. The van der Waals surface area contributed by atoms with Crippen molar-refractivity contribution in [2.75, 3.05) is 26.6 Å². The zero-order valence-electron chi connectivity index (χ0n) is 15.4. The summed E-state index contributed by atoms with van der Waals surface area (Å²) in [6.07, 6.45) is 1.49. The maximum atomic E-state index is 9.63. The molecule has 2 aromatic heterocycles. The molecule has 0 bridgehead atoms. The molecule has 0 radical (unpaired) electrons. The second-order valence-corrected chi connectivity index (χ2v) is 5.82. The Hall–Kier alpha value is -4.06. The molecule has 0 saturated carbocycles. The van der Waals surface area contributed by atoms with Gasteiger partial charge < -0.3 is 19.5 Å². The quantitative estimate of drug-likeness (QED) is 0.545. The molecule has 140 valence electrons. The van der Waals surface area contributed by atoms with Crippen LogP contribution in [0.25, 0.3) is 21.9 Å². The lowest BCUT2D eigenvalue weighted by Crippen LogP contribution is -2.01. The molecule has 9 nitrogen and oxygen atoms in total. The first-order chi connectivity index (χ1) is 13.7. The fourth-order valence-electron chi connectivity index (χ4n) is 3.12. The average molecular weight is 376 g/mol. The number of anilines is 2. The van der Waals surface area contributed by atoms with Crippen molar-refractivity contribution in [2.24, 2.45) is 0 Å². The monoisotopic (exact) mass is 376 g/mol. The van der Waals surface area contributed by atoms with E-state index in [2.05, 4.69) is 31.8 Å². The summed E-state index contributed by atoms with van der Waals surface area (Å²) in [5, 5.41) is 24.5. The zero-order valence-corrected chi connectivity index (χ0v) is 15.4. The molecule has 2 heterocycles. The Morgan fingerprint density at radius 3 is 2.57 bits per heavy atom. The minimum absolute atomic E-state index is 0.363. The van der Waals surface area contributed by atoms with Crippen LogP contribution in [-0.4, -0.2) is 41.7 Å². The number of hydrogen-bond acceptors (Lipinski definition) is 8. The van der Waals surface area contributed by atoms with Crippen molar-refractivity contribution in [3.05, 3.63) is 36.0 Å². The van der Waals surface area contributed by atoms with Crippen LogP contribution in [0.5, 0.6) is 17.2 Å². The predicted molar refractivity (Wildman–Crippen MR) is 103 cm³/mol. The van der Waals surface area contributed by atoms with E-state index in [1.807, 2.05) is 18.2 Å². The average Bonchev–Trinajstić information content (AvgIpc) is 3.22. The SMILES string of the molecule is COc1cc2c(Nc3cccc4n[nH]nc34)c(C#N)cnc2c(OC)c1OC. The summed E-state index contributed by atoms with van der Waals surface area (Å²) in [4.78, 5) is 4.40. The summed E-state index contributed by atoms with van der Waals surface area (Å²) in [5.41, 5.74) is 3.52. The molecular weight excluding hydrogens is 360 g/mol. The summed E-state index contributed by atoms with van der Waals surface area (Å²) in [7, 11) is 4.59. The summed E-state index contributed by atoms with van der Waals surface area (Å²) in [5.74, 6) is 1.31. The molecular formula is C19H16N6O3. The van der Waals surface area contributed by atoms with Crippen LogP contribution < -0.4 is 19.5 Å². The van der Waals surface area contributed by atoms with Gasteiger partial charge in [-0.3, -0.25) is 4.98 Å². The fraction of sp³-hybridized carbons (Fsp3) is 0.158. The Morgan fingerprint density at radius 2 is 1.86 bits per heavy atom. The number of methoxy groups -OCH3 is 3. The van der Waals surface area contributed by atoms with Gasteiger partial charge in [-0.15, -0.1) is 0 Å². The first-order valence-electron chi connectivity index (χ1n) is 8.30. The van der Waals surface area contributed by atoms with E-state index in [1.165, 1.54) is 27.5 Å². The topological polar surface area (TPSA) is 118 Å². The van der Waals surface area contributed by atoms with Crippen LogP contribution in [0.1, 0.15) is 5.56 Å². The third kappa shape index (κ3) is 2.59. The largest absolute Gasteiger partial charge is 0.493 e. The van der Waals surface area contributed by atoms with E-state index in [-0.39, 0.29) is 0 Å². The Morgan fingerprint density at radius 1 is 1.04 bits per heavy atom. The highest BCUT2D eigenvalue weighted by atomic mass is 16.5. The number of fused-ring (bicyclic) bond motifs is 2. The molecule has 2 N–H and O–H groups in total. The number of ether oxygens (including phenoxy) is 3. The third-order valence-electron chi connectivity index (χ3n) is 4.39. The van der Waals surface area contributed by atoms with Gasteiger partial charge in [0.25, 0.3) is 0 Å². The van der Waals surface area contributed by atoms with Crippen molar-refractivity contribution in [3.63, 3.8) is 0 Å². The van der Waals surface area contributed by atoms with Crippen LogP contribution >= 0.6 is 0 Å². The molecule has 0 fully saturated rings. The highest BCUT2D eigenvalue weighted by molar-refractivity contribution is 6.03. The molecule has 0 amide bonds. The van der Waals surface area contributed by atoms with E-state index in [1.54, 1.807) is 6.07 Å². The number of para-hydroxylation sites is 1. The van der Waals surface area contributed by atoms with Gasteiger partial charge in [-0.25, -0.2) is 0 Å². The molecule has 0 aliphatic heterocycles. The minimum atomic E-state index is 0.363. The van der Waals surface area contributed by atoms with Crippen LogP contribution in [-0.2, 0) is 0 Å². The summed E-state index contributed by atoms with van der Waals surface area (Å²) < 4.78 is 16.4. The first kappa shape index (κ1) is 17.4. The molecule has 0 atom stereocenters. The van der Waals surface area contributed by atoms with Crippen molar-refractivity contribution in [1.82, 2.24) is 20.4 Å². The molecule has 0 aliphatic rings. The Balaban J connectivity index is 2.01. The van der Waals surface area contributed by atoms with E-state index in [0.717, 1.165) is 0 Å². The number of nitrogens with one attached hydrogen (secondary N) is 2. The van der Waals surface area contributed by atoms with Crippen LogP contribution in [0.3, 0.4) is 0 Å². The summed E-state index contributed by atoms with van der Waals surface area (Å²) in [6.45, 7) is 0. The van der Waals surface area contributed by atoms with Crippen LogP contribution in [0.15, 0.2) is 30.5 Å². The van der Waals surface area contributed by atoms with Gasteiger partial charge in [0.05, 0.1) is 38.3 Å². The Labute approximate surface area is 159 Å². The molecule has 0 aliphatic carbocycles. The van der Waals surface area contributed by atoms with Gasteiger partial charge in [0, 0.05) is 11.6 Å². The fourth-order valence-corrected chi connectivity index (χ4v) is 3.12. The molecule has 28 heavy (non-hydrogen) atoms. The van der Waals surface area contributed by atoms with Crippen molar-refractivity contribution in [2.45, 2.75) is 0 Å². The summed E-state index contributed by atoms with van der Waals surface area (Å²) in [6, 6.07) is 9.49.